The highest BCUT2D eigenvalue weighted by molar-refractivity contribution is 5.94. The number of methoxy groups -OCH3 is 1. The summed E-state index contributed by atoms with van der Waals surface area (Å²) in [5, 5.41) is 2.94. The van der Waals surface area contributed by atoms with Gasteiger partial charge < -0.3 is 15.0 Å². The van der Waals surface area contributed by atoms with Crippen LogP contribution in [0, 0.1) is 11.7 Å². The molecule has 5 heteroatoms. The van der Waals surface area contributed by atoms with E-state index in [0.29, 0.717) is 23.9 Å². The number of rotatable bonds is 5. The Morgan fingerprint density at radius 2 is 2.07 bits per heavy atom. The number of carbonyl (C=O) groups is 1. The maximum Gasteiger partial charge on any atom is 0.251 e. The van der Waals surface area contributed by atoms with E-state index < -0.39 is 0 Å². The van der Waals surface area contributed by atoms with Gasteiger partial charge in [0.1, 0.15) is 11.6 Å². The van der Waals surface area contributed by atoms with Crippen molar-refractivity contribution >= 4 is 5.91 Å². The first-order valence-corrected chi connectivity index (χ1v) is 9.57. The predicted molar refractivity (Wildman–Crippen MR) is 103 cm³/mol. The van der Waals surface area contributed by atoms with Crippen LogP contribution >= 0.6 is 0 Å². The van der Waals surface area contributed by atoms with Gasteiger partial charge in [-0.3, -0.25) is 4.79 Å². The van der Waals surface area contributed by atoms with Crippen LogP contribution in [0.4, 0.5) is 4.39 Å². The Labute approximate surface area is 159 Å². The summed E-state index contributed by atoms with van der Waals surface area (Å²) in [6, 6.07) is 12.0. The molecule has 0 unspecified atom stereocenters. The Kier molecular flexibility index (Phi) is 5.12. The molecule has 1 aliphatic carbocycles. The Hall–Kier alpha value is -2.40. The molecule has 0 bridgehead atoms. The lowest BCUT2D eigenvalue weighted by molar-refractivity contribution is 0.0941. The lowest BCUT2D eigenvalue weighted by atomic mass is 9.85. The first kappa shape index (κ1) is 18.0. The number of benzene rings is 2. The van der Waals surface area contributed by atoms with Crippen molar-refractivity contribution in [2.45, 2.75) is 18.8 Å². The van der Waals surface area contributed by atoms with Crippen LogP contribution in [0.2, 0.25) is 0 Å². The van der Waals surface area contributed by atoms with Crippen molar-refractivity contribution < 1.29 is 13.9 Å². The minimum atomic E-state index is -0.330. The third-order valence-corrected chi connectivity index (χ3v) is 5.87. The highest BCUT2D eigenvalue weighted by Gasteiger charge is 2.38. The molecule has 0 radical (unpaired) electrons. The number of amides is 1. The Bertz CT molecular complexity index is 822. The summed E-state index contributed by atoms with van der Waals surface area (Å²) in [5.74, 6) is 1.76. The maximum absolute atomic E-state index is 13.0. The van der Waals surface area contributed by atoms with Gasteiger partial charge in [0.2, 0.25) is 0 Å². The average Bonchev–Trinajstić information content (AvgIpc) is 3.06. The number of nitrogens with zero attached hydrogens (tertiary/aromatic N) is 1. The van der Waals surface area contributed by atoms with Crippen LogP contribution in [0.25, 0.3) is 0 Å². The lowest BCUT2D eigenvalue weighted by Gasteiger charge is -2.35. The van der Waals surface area contributed by atoms with Crippen LogP contribution in [0.3, 0.4) is 0 Å². The third-order valence-electron chi connectivity index (χ3n) is 5.87. The molecule has 1 N–H and O–H groups in total. The number of halogens is 1. The second kappa shape index (κ2) is 7.69. The summed E-state index contributed by atoms with van der Waals surface area (Å²) < 4.78 is 18.5. The van der Waals surface area contributed by atoms with Gasteiger partial charge in [0.15, 0.2) is 0 Å². The molecule has 0 saturated carbocycles. The number of ether oxygens (including phenoxy) is 1. The molecule has 2 aromatic rings. The number of piperidine rings is 1. The average molecular weight is 368 g/mol. The van der Waals surface area contributed by atoms with Crippen molar-refractivity contribution in [2.24, 2.45) is 5.92 Å². The van der Waals surface area contributed by atoms with E-state index in [1.165, 1.54) is 35.4 Å². The molecule has 27 heavy (non-hydrogen) atoms. The number of hydrogen-bond acceptors (Lipinski definition) is 3. The largest absolute Gasteiger partial charge is 0.496 e. The van der Waals surface area contributed by atoms with Crippen LogP contribution in [0.15, 0.2) is 42.5 Å². The van der Waals surface area contributed by atoms with Gasteiger partial charge in [0.05, 0.1) is 7.11 Å². The molecule has 1 saturated heterocycles. The fraction of sp³-hybridized carbons (Fsp3) is 0.409. The standard InChI is InChI=1S/C22H25FN2O2/c1-27-20-4-2-3-16-13-17-14-25(11-9-19(17)21(16)20)12-10-24-22(26)15-5-7-18(23)8-6-15/h2-8,17,19H,9-14H2,1H3,(H,24,26)/t17-,19-/m0/s1. The number of likely N-dealkylation sites (tertiary alicyclic amines) is 1. The summed E-state index contributed by atoms with van der Waals surface area (Å²) in [6.07, 6.45) is 2.24. The first-order chi connectivity index (χ1) is 13.2. The van der Waals surface area contributed by atoms with Crippen LogP contribution in [-0.4, -0.2) is 44.1 Å². The van der Waals surface area contributed by atoms with Crippen molar-refractivity contribution in [3.05, 3.63) is 65.0 Å². The van der Waals surface area contributed by atoms with E-state index in [1.807, 2.05) is 0 Å². The molecule has 1 aliphatic heterocycles. The van der Waals surface area contributed by atoms with E-state index in [2.05, 4.69) is 28.4 Å². The van der Waals surface area contributed by atoms with Gasteiger partial charge in [-0.1, -0.05) is 12.1 Å². The van der Waals surface area contributed by atoms with E-state index in [1.54, 1.807) is 7.11 Å². The molecule has 0 aromatic heterocycles. The minimum absolute atomic E-state index is 0.150. The number of nitrogens with one attached hydrogen (secondary N) is 1. The van der Waals surface area contributed by atoms with Crippen LogP contribution < -0.4 is 10.1 Å². The Morgan fingerprint density at radius 3 is 2.85 bits per heavy atom. The second-order valence-electron chi connectivity index (χ2n) is 7.46. The zero-order valence-electron chi connectivity index (χ0n) is 15.6. The fourth-order valence-corrected chi connectivity index (χ4v) is 4.58. The quantitative estimate of drug-likeness (QED) is 0.881. The molecule has 1 heterocycles. The molecular formula is C22H25FN2O2. The van der Waals surface area contributed by atoms with Gasteiger partial charge in [-0.2, -0.15) is 0 Å². The molecule has 4 rings (SSSR count). The topological polar surface area (TPSA) is 41.6 Å². The van der Waals surface area contributed by atoms with Gasteiger partial charge >= 0.3 is 0 Å². The summed E-state index contributed by atoms with van der Waals surface area (Å²) in [6.45, 7) is 3.52. The van der Waals surface area contributed by atoms with Crippen molar-refractivity contribution in [1.29, 1.82) is 0 Å². The minimum Gasteiger partial charge on any atom is -0.496 e. The van der Waals surface area contributed by atoms with Crippen LogP contribution in [-0.2, 0) is 6.42 Å². The molecular weight excluding hydrogens is 343 g/mol. The van der Waals surface area contributed by atoms with E-state index in [9.17, 15) is 9.18 Å². The van der Waals surface area contributed by atoms with E-state index in [4.69, 9.17) is 4.74 Å². The van der Waals surface area contributed by atoms with Crippen LogP contribution in [0.1, 0.15) is 33.8 Å². The molecule has 4 nitrogen and oxygen atoms in total. The van der Waals surface area contributed by atoms with E-state index >= 15 is 0 Å². The monoisotopic (exact) mass is 368 g/mol. The van der Waals surface area contributed by atoms with Gasteiger partial charge in [-0.05, 0) is 67.1 Å². The van der Waals surface area contributed by atoms with E-state index in [-0.39, 0.29) is 11.7 Å². The van der Waals surface area contributed by atoms with Gasteiger partial charge in [0.25, 0.3) is 5.91 Å². The normalized spacial score (nSPS) is 21.4. The molecule has 1 amide bonds. The van der Waals surface area contributed by atoms with Crippen molar-refractivity contribution in [3.63, 3.8) is 0 Å². The zero-order valence-corrected chi connectivity index (χ0v) is 15.6. The van der Waals surface area contributed by atoms with Crippen molar-refractivity contribution in [1.82, 2.24) is 10.2 Å². The van der Waals surface area contributed by atoms with E-state index in [0.717, 1.165) is 38.2 Å². The predicted octanol–water partition coefficient (Wildman–Crippen LogP) is 3.23. The third kappa shape index (κ3) is 3.69. The number of carbonyl (C=O) groups excluding carboxylic acids is 1. The Balaban J connectivity index is 1.30. The van der Waals surface area contributed by atoms with Gasteiger partial charge in [0, 0.05) is 30.8 Å². The summed E-state index contributed by atoms with van der Waals surface area (Å²) in [4.78, 5) is 14.6. The second-order valence-corrected chi connectivity index (χ2v) is 7.46. The first-order valence-electron chi connectivity index (χ1n) is 9.57. The molecule has 142 valence electrons. The summed E-state index contributed by atoms with van der Waals surface area (Å²) >= 11 is 0. The lowest BCUT2D eigenvalue weighted by Crippen LogP contribution is -2.42. The SMILES string of the molecule is COc1cccc2c1[C@H]1CCN(CCNC(=O)c3ccc(F)cc3)C[C@@H]1C2. The summed E-state index contributed by atoms with van der Waals surface area (Å²) in [5.41, 5.74) is 3.33. The van der Waals surface area contributed by atoms with Crippen molar-refractivity contribution in [3.8, 4) is 5.75 Å². The van der Waals surface area contributed by atoms with Crippen LogP contribution in [0.5, 0.6) is 5.75 Å². The van der Waals surface area contributed by atoms with Gasteiger partial charge in [-0.25, -0.2) is 4.39 Å². The van der Waals surface area contributed by atoms with Crippen molar-refractivity contribution in [2.75, 3.05) is 33.3 Å². The molecule has 2 aromatic carbocycles. The maximum atomic E-state index is 13.0. The van der Waals surface area contributed by atoms with Gasteiger partial charge in [-0.15, -0.1) is 0 Å². The highest BCUT2D eigenvalue weighted by atomic mass is 19.1. The number of fused-ring (bicyclic) bond motifs is 3. The smallest absolute Gasteiger partial charge is 0.251 e. The molecule has 0 spiro atoms. The molecule has 2 aliphatic rings. The summed E-state index contributed by atoms with van der Waals surface area (Å²) in [7, 11) is 1.75. The number of hydrogen-bond donors (Lipinski definition) is 1. The Morgan fingerprint density at radius 1 is 1.26 bits per heavy atom. The highest BCUT2D eigenvalue weighted by Crippen LogP contribution is 2.46. The fourth-order valence-electron chi connectivity index (χ4n) is 4.58. The molecule has 1 fully saturated rings. The molecule has 2 atom stereocenters. The zero-order chi connectivity index (χ0) is 18.8.